The maximum atomic E-state index is 11.7. The number of hydrogen-bond donors (Lipinski definition) is 2. The Morgan fingerprint density at radius 2 is 1.76 bits per heavy atom. The summed E-state index contributed by atoms with van der Waals surface area (Å²) in [5.74, 6) is 1.28. The van der Waals surface area contributed by atoms with Gasteiger partial charge in [-0.3, -0.25) is 0 Å². The molecule has 2 bridgehead atoms. The van der Waals surface area contributed by atoms with Crippen molar-refractivity contribution in [2.24, 2.45) is 34.0 Å². The molecule has 5 saturated carbocycles. The summed E-state index contributed by atoms with van der Waals surface area (Å²) in [7, 11) is 0.523. The predicted molar refractivity (Wildman–Crippen MR) is 143 cm³/mol. The standard InChI is InChI=1S/C29H53NO3Si/c1-20-21-11-14-29(25(20)32)23(17-21)28(13-10-12-27(5,6)22(28)18-24(29)31)19-30(7)15-16-33-34(8,9)26(2,3)4/h21-25,31-32H,1,10-19H2,2-9H3/t21-,22?,23?,24+,25-,28-,29+/m0/s1. The predicted octanol–water partition coefficient (Wildman–Crippen LogP) is 5.85. The molecule has 0 aromatic heterocycles. The fourth-order valence-corrected chi connectivity index (χ4v) is 9.81. The molecule has 5 heteroatoms. The summed E-state index contributed by atoms with van der Waals surface area (Å²) in [6.45, 7) is 23.6. The van der Waals surface area contributed by atoms with Gasteiger partial charge in [-0.2, -0.15) is 0 Å². The van der Waals surface area contributed by atoms with Crippen LogP contribution < -0.4 is 0 Å². The third-order valence-electron chi connectivity index (χ3n) is 11.7. The van der Waals surface area contributed by atoms with Crippen molar-refractivity contribution in [3.8, 4) is 0 Å². The topological polar surface area (TPSA) is 52.9 Å². The average Bonchev–Trinajstić information content (AvgIpc) is 2.72. The molecular weight excluding hydrogens is 438 g/mol. The van der Waals surface area contributed by atoms with Crippen LogP contribution in [-0.2, 0) is 4.43 Å². The van der Waals surface area contributed by atoms with Gasteiger partial charge >= 0.3 is 0 Å². The third kappa shape index (κ3) is 4.00. The zero-order chi connectivity index (χ0) is 25.3. The summed E-state index contributed by atoms with van der Waals surface area (Å²) < 4.78 is 6.54. The van der Waals surface area contributed by atoms with E-state index in [9.17, 15) is 10.2 Å². The first-order valence-corrected chi connectivity index (χ1v) is 16.9. The summed E-state index contributed by atoms with van der Waals surface area (Å²) in [5.41, 5.74) is 0.973. The molecule has 0 aromatic carbocycles. The van der Waals surface area contributed by atoms with Crippen LogP contribution in [0.3, 0.4) is 0 Å². The van der Waals surface area contributed by atoms with Crippen LogP contribution in [0.5, 0.6) is 0 Å². The van der Waals surface area contributed by atoms with E-state index in [0.717, 1.165) is 51.0 Å². The van der Waals surface area contributed by atoms with Gasteiger partial charge < -0.3 is 19.5 Å². The summed E-state index contributed by atoms with van der Waals surface area (Å²) in [6.07, 6.45) is 6.72. The molecule has 0 aromatic rings. The lowest BCUT2D eigenvalue weighted by molar-refractivity contribution is -0.257. The second-order valence-electron chi connectivity index (χ2n) is 14.8. The van der Waals surface area contributed by atoms with Gasteiger partial charge in [-0.1, -0.05) is 47.6 Å². The number of likely N-dealkylation sites (N-methyl/N-ethyl adjacent to an activating group) is 1. The summed E-state index contributed by atoms with van der Waals surface area (Å²) >= 11 is 0. The Bertz CT molecular complexity index is 789. The number of rotatable bonds is 6. The van der Waals surface area contributed by atoms with Gasteiger partial charge in [-0.05, 0) is 97.9 Å². The van der Waals surface area contributed by atoms with E-state index in [4.69, 9.17) is 4.43 Å². The fraction of sp³-hybridized carbons (Fsp3) is 0.931. The lowest BCUT2D eigenvalue weighted by Gasteiger charge is -2.71. The second-order valence-corrected chi connectivity index (χ2v) is 19.6. The van der Waals surface area contributed by atoms with Gasteiger partial charge in [0, 0.05) is 25.1 Å². The molecular formula is C29H53NO3Si. The van der Waals surface area contributed by atoms with Gasteiger partial charge in [-0.15, -0.1) is 0 Å². The highest BCUT2D eigenvalue weighted by molar-refractivity contribution is 6.74. The monoisotopic (exact) mass is 491 g/mol. The molecule has 7 atom stereocenters. The third-order valence-corrected chi connectivity index (χ3v) is 16.2. The van der Waals surface area contributed by atoms with Crippen LogP contribution in [0.2, 0.25) is 18.1 Å². The minimum Gasteiger partial charge on any atom is -0.416 e. The van der Waals surface area contributed by atoms with E-state index in [1.165, 1.54) is 19.3 Å². The molecule has 196 valence electrons. The molecule has 2 unspecified atom stereocenters. The van der Waals surface area contributed by atoms with Crippen molar-refractivity contribution in [3.63, 3.8) is 0 Å². The highest BCUT2D eigenvalue weighted by Gasteiger charge is 2.70. The molecule has 2 N–H and O–H groups in total. The number of fused-ring (bicyclic) bond motifs is 3. The molecule has 0 radical (unpaired) electrons. The first-order valence-electron chi connectivity index (χ1n) is 14.0. The van der Waals surface area contributed by atoms with Crippen LogP contribution in [0.1, 0.15) is 79.6 Å². The number of aliphatic hydroxyl groups is 2. The minimum atomic E-state index is -1.75. The highest BCUT2D eigenvalue weighted by Crippen LogP contribution is 2.72. The lowest BCUT2D eigenvalue weighted by atomic mass is 9.35. The van der Waals surface area contributed by atoms with Crippen LogP contribution in [0.25, 0.3) is 0 Å². The van der Waals surface area contributed by atoms with Crippen LogP contribution in [0, 0.1) is 34.0 Å². The molecule has 5 fully saturated rings. The highest BCUT2D eigenvalue weighted by atomic mass is 28.4. The van der Waals surface area contributed by atoms with Gasteiger partial charge in [0.15, 0.2) is 8.32 Å². The zero-order valence-electron chi connectivity index (χ0n) is 23.4. The van der Waals surface area contributed by atoms with Crippen LogP contribution in [0.4, 0.5) is 0 Å². The number of nitrogens with zero attached hydrogens (tertiary/aromatic N) is 1. The Morgan fingerprint density at radius 3 is 2.41 bits per heavy atom. The van der Waals surface area contributed by atoms with Crippen molar-refractivity contribution >= 4 is 8.32 Å². The Kier molecular flexibility index (Phi) is 6.86. The van der Waals surface area contributed by atoms with E-state index in [2.05, 4.69) is 66.2 Å². The smallest absolute Gasteiger partial charge is 0.192 e. The maximum Gasteiger partial charge on any atom is 0.192 e. The van der Waals surface area contributed by atoms with E-state index in [0.29, 0.717) is 17.8 Å². The van der Waals surface area contributed by atoms with E-state index in [1.54, 1.807) is 0 Å². The first-order chi connectivity index (χ1) is 15.6. The summed E-state index contributed by atoms with van der Waals surface area (Å²) in [5, 5.41) is 23.4. The Morgan fingerprint density at radius 1 is 1.09 bits per heavy atom. The molecule has 5 rings (SSSR count). The molecule has 4 nitrogen and oxygen atoms in total. The first kappa shape index (κ1) is 26.8. The zero-order valence-corrected chi connectivity index (χ0v) is 24.4. The van der Waals surface area contributed by atoms with E-state index in [-0.39, 0.29) is 15.9 Å². The largest absolute Gasteiger partial charge is 0.416 e. The van der Waals surface area contributed by atoms with Crippen molar-refractivity contribution in [2.75, 3.05) is 26.7 Å². The normalized spacial score (nSPS) is 42.0. The molecule has 5 aliphatic rings. The quantitative estimate of drug-likeness (QED) is 0.361. The average molecular weight is 492 g/mol. The van der Waals surface area contributed by atoms with E-state index in [1.807, 2.05) is 0 Å². The second kappa shape index (κ2) is 8.68. The molecule has 0 heterocycles. The molecule has 0 amide bonds. The van der Waals surface area contributed by atoms with Crippen molar-refractivity contribution in [1.82, 2.24) is 4.90 Å². The van der Waals surface area contributed by atoms with E-state index < -0.39 is 25.9 Å². The number of hydrogen-bond acceptors (Lipinski definition) is 4. The lowest BCUT2D eigenvalue weighted by Crippen LogP contribution is -2.71. The SMILES string of the molecule is C=C1[C@H]2CC[C@]3(C(C2)[C@]2(CN(C)CCO[Si](C)(C)C(C)(C)C)CCCC(C)(C)C2C[C@H]3O)[C@H]1O. The summed E-state index contributed by atoms with van der Waals surface area (Å²) in [6, 6.07) is 0. The minimum absolute atomic E-state index is 0.146. The van der Waals surface area contributed by atoms with Crippen LogP contribution >= 0.6 is 0 Å². The van der Waals surface area contributed by atoms with Gasteiger partial charge in [0.05, 0.1) is 12.2 Å². The van der Waals surface area contributed by atoms with Gasteiger partial charge in [-0.25, -0.2) is 0 Å². The van der Waals surface area contributed by atoms with Gasteiger partial charge in [0.1, 0.15) is 0 Å². The summed E-state index contributed by atoms with van der Waals surface area (Å²) in [4.78, 5) is 2.52. The fourth-order valence-electron chi connectivity index (χ4n) is 8.77. The van der Waals surface area contributed by atoms with E-state index >= 15 is 0 Å². The van der Waals surface area contributed by atoms with Crippen molar-refractivity contribution < 1.29 is 14.6 Å². The van der Waals surface area contributed by atoms with Gasteiger partial charge in [0.2, 0.25) is 0 Å². The van der Waals surface area contributed by atoms with Crippen molar-refractivity contribution in [1.29, 1.82) is 0 Å². The Balaban J connectivity index is 1.61. The molecule has 34 heavy (non-hydrogen) atoms. The Labute approximate surface area is 210 Å². The molecule has 0 aliphatic heterocycles. The molecule has 1 spiro atoms. The Hall–Kier alpha value is -0.203. The molecule has 5 aliphatic carbocycles. The van der Waals surface area contributed by atoms with Gasteiger partial charge in [0.25, 0.3) is 0 Å². The van der Waals surface area contributed by atoms with Crippen LogP contribution in [0.15, 0.2) is 12.2 Å². The van der Waals surface area contributed by atoms with Crippen molar-refractivity contribution in [2.45, 2.75) is 110 Å². The number of aliphatic hydroxyl groups excluding tert-OH is 2. The maximum absolute atomic E-state index is 11.7. The van der Waals surface area contributed by atoms with Crippen LogP contribution in [-0.4, -0.2) is 62.4 Å². The molecule has 0 saturated heterocycles. The van der Waals surface area contributed by atoms with Crippen molar-refractivity contribution in [3.05, 3.63) is 12.2 Å².